The van der Waals surface area contributed by atoms with Crippen LogP contribution in [0.2, 0.25) is 0 Å². The third-order valence-corrected chi connectivity index (χ3v) is 4.96. The van der Waals surface area contributed by atoms with E-state index in [1.807, 2.05) is 32.6 Å². The summed E-state index contributed by atoms with van der Waals surface area (Å²) < 4.78 is 11.6. The number of hydrogen-bond acceptors (Lipinski definition) is 3. The van der Waals surface area contributed by atoms with Gasteiger partial charge in [-0.05, 0) is 64.2 Å². The maximum absolute atomic E-state index is 12.6. The van der Waals surface area contributed by atoms with Crippen LogP contribution in [0.5, 0.6) is 5.75 Å². The van der Waals surface area contributed by atoms with Crippen molar-refractivity contribution in [2.24, 2.45) is 0 Å². The van der Waals surface area contributed by atoms with Crippen molar-refractivity contribution in [3.05, 3.63) is 35.1 Å². The summed E-state index contributed by atoms with van der Waals surface area (Å²) in [5, 5.41) is 1.08. The fraction of sp³-hybridized carbons (Fsp3) is 0.476. The Bertz CT molecular complexity index is 810. The third-order valence-electron chi connectivity index (χ3n) is 4.96. The minimum Gasteiger partial charge on any atom is -0.493 e. The van der Waals surface area contributed by atoms with Gasteiger partial charge in [-0.25, -0.2) is 0 Å². The zero-order chi connectivity index (χ0) is 18.0. The zero-order valence-corrected chi connectivity index (χ0v) is 15.6. The monoisotopic (exact) mass is 341 g/mol. The number of carbonyl (C=O) groups is 1. The van der Waals surface area contributed by atoms with Crippen molar-refractivity contribution in [3.63, 3.8) is 0 Å². The van der Waals surface area contributed by atoms with Gasteiger partial charge >= 0.3 is 0 Å². The number of rotatable bonds is 4. The standard InChI is InChI=1S/C21H27NO3/c1-5-24-20-16(4)21-18(15(3)13-25-21)12-17(20)14(2)11-19(23)22-9-7-6-8-10-22/h11-13H,5-10H2,1-4H3/b14-11+. The number of amides is 1. The Balaban J connectivity index is 2.02. The lowest BCUT2D eigenvalue weighted by atomic mass is 9.98. The first-order chi connectivity index (χ1) is 12.0. The van der Waals surface area contributed by atoms with E-state index < -0.39 is 0 Å². The highest BCUT2D eigenvalue weighted by molar-refractivity contribution is 5.98. The van der Waals surface area contributed by atoms with Crippen LogP contribution in [0.3, 0.4) is 0 Å². The van der Waals surface area contributed by atoms with Crippen LogP contribution < -0.4 is 4.74 Å². The number of hydrogen-bond donors (Lipinski definition) is 0. The van der Waals surface area contributed by atoms with Crippen LogP contribution in [0, 0.1) is 13.8 Å². The fourth-order valence-electron chi connectivity index (χ4n) is 3.53. The van der Waals surface area contributed by atoms with Gasteiger partial charge in [0, 0.05) is 35.7 Å². The summed E-state index contributed by atoms with van der Waals surface area (Å²) in [6, 6.07) is 2.08. The number of benzene rings is 1. The molecule has 25 heavy (non-hydrogen) atoms. The Morgan fingerprint density at radius 2 is 2.00 bits per heavy atom. The molecule has 1 aromatic carbocycles. The normalized spacial score (nSPS) is 15.7. The molecule has 0 aliphatic carbocycles. The Morgan fingerprint density at radius 3 is 2.68 bits per heavy atom. The second kappa shape index (κ2) is 7.34. The molecule has 0 N–H and O–H groups in total. The predicted molar refractivity (Wildman–Crippen MR) is 101 cm³/mol. The van der Waals surface area contributed by atoms with E-state index in [9.17, 15) is 4.79 Å². The molecule has 4 nitrogen and oxygen atoms in total. The van der Waals surface area contributed by atoms with Crippen molar-refractivity contribution in [3.8, 4) is 5.75 Å². The van der Waals surface area contributed by atoms with Gasteiger partial charge in [0.05, 0.1) is 12.9 Å². The largest absolute Gasteiger partial charge is 0.493 e. The van der Waals surface area contributed by atoms with Crippen LogP contribution in [0.4, 0.5) is 0 Å². The van der Waals surface area contributed by atoms with E-state index in [0.717, 1.165) is 64.9 Å². The first kappa shape index (κ1) is 17.6. The minimum atomic E-state index is 0.0984. The molecule has 1 saturated heterocycles. The maximum Gasteiger partial charge on any atom is 0.246 e. The summed E-state index contributed by atoms with van der Waals surface area (Å²) in [4.78, 5) is 14.6. The van der Waals surface area contributed by atoms with Gasteiger partial charge in [-0.2, -0.15) is 0 Å². The summed E-state index contributed by atoms with van der Waals surface area (Å²) in [6.45, 7) is 10.3. The van der Waals surface area contributed by atoms with E-state index in [2.05, 4.69) is 6.07 Å². The molecule has 1 aliphatic rings. The minimum absolute atomic E-state index is 0.0984. The van der Waals surface area contributed by atoms with Crippen LogP contribution in [0.25, 0.3) is 16.5 Å². The van der Waals surface area contributed by atoms with E-state index in [4.69, 9.17) is 9.15 Å². The van der Waals surface area contributed by atoms with Gasteiger partial charge in [0.2, 0.25) is 5.91 Å². The molecule has 0 spiro atoms. The van der Waals surface area contributed by atoms with Crippen LogP contribution in [-0.2, 0) is 4.79 Å². The molecule has 3 rings (SSSR count). The molecule has 0 unspecified atom stereocenters. The molecule has 134 valence electrons. The molecule has 1 fully saturated rings. The van der Waals surface area contributed by atoms with E-state index in [0.29, 0.717) is 6.61 Å². The van der Waals surface area contributed by atoms with Crippen LogP contribution >= 0.6 is 0 Å². The summed E-state index contributed by atoms with van der Waals surface area (Å²) in [6.07, 6.45) is 6.94. The van der Waals surface area contributed by atoms with Gasteiger partial charge in [-0.15, -0.1) is 0 Å². The quantitative estimate of drug-likeness (QED) is 0.746. The van der Waals surface area contributed by atoms with Crippen LogP contribution in [0.1, 0.15) is 49.8 Å². The van der Waals surface area contributed by atoms with E-state index in [1.54, 1.807) is 12.3 Å². The van der Waals surface area contributed by atoms with E-state index in [1.165, 1.54) is 6.42 Å². The molecule has 1 amide bonds. The van der Waals surface area contributed by atoms with Gasteiger partial charge < -0.3 is 14.1 Å². The molecular weight excluding hydrogens is 314 g/mol. The van der Waals surface area contributed by atoms with E-state index >= 15 is 0 Å². The summed E-state index contributed by atoms with van der Waals surface area (Å²) in [5.41, 5.74) is 4.85. The number of piperidine rings is 1. The molecular formula is C21H27NO3. The average molecular weight is 341 g/mol. The first-order valence-corrected chi connectivity index (χ1v) is 9.14. The lowest BCUT2D eigenvalue weighted by Gasteiger charge is -2.25. The Hall–Kier alpha value is -2.23. The molecule has 1 aromatic heterocycles. The third kappa shape index (κ3) is 3.44. The van der Waals surface area contributed by atoms with Crippen molar-refractivity contribution >= 4 is 22.4 Å². The van der Waals surface area contributed by atoms with Crippen LogP contribution in [0.15, 0.2) is 22.8 Å². The molecule has 1 aliphatic heterocycles. The van der Waals surface area contributed by atoms with Gasteiger partial charge in [-0.1, -0.05) is 0 Å². The molecule has 2 aromatic rings. The number of likely N-dealkylation sites (tertiary alicyclic amines) is 1. The Labute approximate surface area is 149 Å². The van der Waals surface area contributed by atoms with Crippen molar-refractivity contribution in [1.82, 2.24) is 4.90 Å². The smallest absolute Gasteiger partial charge is 0.246 e. The van der Waals surface area contributed by atoms with Gasteiger partial charge in [0.15, 0.2) is 0 Å². The predicted octanol–water partition coefficient (Wildman–Crippen LogP) is 4.86. The number of aryl methyl sites for hydroxylation is 2. The molecule has 0 bridgehead atoms. The first-order valence-electron chi connectivity index (χ1n) is 9.14. The van der Waals surface area contributed by atoms with Crippen molar-refractivity contribution < 1.29 is 13.9 Å². The van der Waals surface area contributed by atoms with E-state index in [-0.39, 0.29) is 5.91 Å². The molecule has 4 heteroatoms. The second-order valence-electron chi connectivity index (χ2n) is 6.82. The average Bonchev–Trinajstić information content (AvgIpc) is 2.99. The Kier molecular flexibility index (Phi) is 5.16. The number of nitrogens with zero attached hydrogens (tertiary/aromatic N) is 1. The lowest BCUT2D eigenvalue weighted by Crippen LogP contribution is -2.34. The van der Waals surface area contributed by atoms with Gasteiger partial charge in [0.25, 0.3) is 0 Å². The highest BCUT2D eigenvalue weighted by atomic mass is 16.5. The maximum atomic E-state index is 12.6. The van der Waals surface area contributed by atoms with Crippen molar-refractivity contribution in [1.29, 1.82) is 0 Å². The number of furan rings is 1. The lowest BCUT2D eigenvalue weighted by molar-refractivity contribution is -0.126. The van der Waals surface area contributed by atoms with Crippen molar-refractivity contribution in [2.45, 2.75) is 47.0 Å². The van der Waals surface area contributed by atoms with Gasteiger partial charge in [0.1, 0.15) is 11.3 Å². The van der Waals surface area contributed by atoms with Gasteiger partial charge in [-0.3, -0.25) is 4.79 Å². The molecule has 0 atom stereocenters. The number of ether oxygens (including phenoxy) is 1. The fourth-order valence-corrected chi connectivity index (χ4v) is 3.53. The Morgan fingerprint density at radius 1 is 1.28 bits per heavy atom. The highest BCUT2D eigenvalue weighted by Crippen LogP contribution is 2.37. The number of carbonyl (C=O) groups excluding carboxylic acids is 1. The zero-order valence-electron chi connectivity index (χ0n) is 15.6. The highest BCUT2D eigenvalue weighted by Gasteiger charge is 2.19. The summed E-state index contributed by atoms with van der Waals surface area (Å²) in [7, 11) is 0. The van der Waals surface area contributed by atoms with Crippen LogP contribution in [-0.4, -0.2) is 30.5 Å². The second-order valence-corrected chi connectivity index (χ2v) is 6.82. The molecule has 0 saturated carbocycles. The molecule has 0 radical (unpaired) electrons. The number of fused-ring (bicyclic) bond motifs is 1. The summed E-state index contributed by atoms with van der Waals surface area (Å²) in [5.74, 6) is 0.908. The van der Waals surface area contributed by atoms with Crippen molar-refractivity contribution in [2.75, 3.05) is 19.7 Å². The SMILES string of the molecule is CCOc1c(/C(C)=C/C(=O)N2CCCCC2)cc2c(C)coc2c1C. The number of allylic oxidation sites excluding steroid dienone is 1. The topological polar surface area (TPSA) is 42.7 Å². The molecule has 2 heterocycles. The summed E-state index contributed by atoms with van der Waals surface area (Å²) >= 11 is 0.